The summed E-state index contributed by atoms with van der Waals surface area (Å²) in [5.74, 6) is -0.614. The fourth-order valence-corrected chi connectivity index (χ4v) is 4.82. The Hall–Kier alpha value is -1.99. The van der Waals surface area contributed by atoms with Crippen LogP contribution in [0.3, 0.4) is 0 Å². The molecule has 7 heteroatoms. The van der Waals surface area contributed by atoms with Gasteiger partial charge < -0.3 is 10.2 Å². The summed E-state index contributed by atoms with van der Waals surface area (Å²) >= 11 is 7.56. The van der Waals surface area contributed by atoms with Gasteiger partial charge in [-0.3, -0.25) is 9.69 Å². The molecule has 0 saturated carbocycles. The summed E-state index contributed by atoms with van der Waals surface area (Å²) in [6.45, 7) is 5.09. The van der Waals surface area contributed by atoms with Crippen molar-refractivity contribution in [3.8, 4) is 0 Å². The van der Waals surface area contributed by atoms with Crippen molar-refractivity contribution in [3.63, 3.8) is 0 Å². The molecule has 0 unspecified atom stereocenters. The van der Waals surface area contributed by atoms with Crippen molar-refractivity contribution in [2.45, 2.75) is 6.54 Å². The molecule has 1 aliphatic rings. The number of thiophene rings is 1. The highest BCUT2D eigenvalue weighted by atomic mass is 35.5. The van der Waals surface area contributed by atoms with Crippen LogP contribution in [0.15, 0.2) is 42.5 Å². The summed E-state index contributed by atoms with van der Waals surface area (Å²) in [6, 6.07) is 12.2. The van der Waals surface area contributed by atoms with E-state index in [1.54, 1.807) is 6.07 Å². The zero-order valence-electron chi connectivity index (χ0n) is 15.5. The lowest BCUT2D eigenvalue weighted by Gasteiger charge is -2.32. The van der Waals surface area contributed by atoms with Gasteiger partial charge in [0.15, 0.2) is 0 Å². The quantitative estimate of drug-likeness (QED) is 0.668. The highest BCUT2D eigenvalue weighted by Gasteiger charge is 2.18. The molecule has 0 atom stereocenters. The molecule has 3 aromatic rings. The number of hydrogen-bond acceptors (Lipinski definition) is 4. The minimum absolute atomic E-state index is 0.275. The molecule has 146 valence electrons. The maximum absolute atomic E-state index is 13.4. The lowest BCUT2D eigenvalue weighted by molar-refractivity contribution is 0.103. The molecule has 0 spiro atoms. The highest BCUT2D eigenvalue weighted by molar-refractivity contribution is 7.21. The molecule has 1 aliphatic heterocycles. The van der Waals surface area contributed by atoms with Gasteiger partial charge in [-0.15, -0.1) is 11.3 Å². The van der Waals surface area contributed by atoms with E-state index in [4.69, 9.17) is 11.6 Å². The number of carbonyl (C=O) groups excluding carboxylic acids is 1. The van der Waals surface area contributed by atoms with Crippen LogP contribution >= 0.6 is 22.9 Å². The van der Waals surface area contributed by atoms with Gasteiger partial charge >= 0.3 is 0 Å². The first-order chi connectivity index (χ1) is 13.5. The van der Waals surface area contributed by atoms with Gasteiger partial charge in [0.1, 0.15) is 10.7 Å². The number of anilines is 1. The predicted octanol–water partition coefficient (Wildman–Crippen LogP) is 4.69. The van der Waals surface area contributed by atoms with E-state index in [-0.39, 0.29) is 11.7 Å². The smallest absolute Gasteiger partial charge is 0.267 e. The first kappa shape index (κ1) is 19.3. The number of amides is 1. The highest BCUT2D eigenvalue weighted by Crippen LogP contribution is 2.36. The molecule has 1 saturated heterocycles. The summed E-state index contributed by atoms with van der Waals surface area (Å²) < 4.78 is 14.1. The maximum atomic E-state index is 13.4. The van der Waals surface area contributed by atoms with Crippen molar-refractivity contribution in [2.75, 3.05) is 38.5 Å². The van der Waals surface area contributed by atoms with Crippen molar-refractivity contribution in [2.24, 2.45) is 0 Å². The Morgan fingerprint density at radius 2 is 1.96 bits per heavy atom. The Bertz CT molecular complexity index is 1010. The molecule has 1 aromatic heterocycles. The van der Waals surface area contributed by atoms with E-state index >= 15 is 0 Å². The van der Waals surface area contributed by atoms with Crippen molar-refractivity contribution in [1.82, 2.24) is 9.80 Å². The molecule has 4 nitrogen and oxygen atoms in total. The number of carbonyl (C=O) groups is 1. The van der Waals surface area contributed by atoms with Gasteiger partial charge in [-0.2, -0.15) is 0 Å². The average molecular weight is 418 g/mol. The maximum Gasteiger partial charge on any atom is 0.267 e. The first-order valence-electron chi connectivity index (χ1n) is 9.18. The summed E-state index contributed by atoms with van der Waals surface area (Å²) in [5.41, 5.74) is 1.89. The van der Waals surface area contributed by atoms with E-state index in [9.17, 15) is 9.18 Å². The Balaban J connectivity index is 1.48. The number of nitrogens with one attached hydrogen (secondary N) is 1. The van der Waals surface area contributed by atoms with Crippen molar-refractivity contribution < 1.29 is 9.18 Å². The summed E-state index contributed by atoms with van der Waals surface area (Å²) in [6.07, 6.45) is 0. The van der Waals surface area contributed by atoms with Gasteiger partial charge in [-0.1, -0.05) is 23.7 Å². The predicted molar refractivity (Wildman–Crippen MR) is 114 cm³/mol. The van der Waals surface area contributed by atoms with Crippen LogP contribution in [-0.2, 0) is 6.54 Å². The molecule has 1 amide bonds. The van der Waals surface area contributed by atoms with E-state index in [1.807, 2.05) is 18.2 Å². The second-order valence-corrected chi connectivity index (χ2v) is 8.55. The third kappa shape index (κ3) is 4.20. The first-order valence-corrected chi connectivity index (χ1v) is 10.4. The molecule has 4 rings (SSSR count). The van der Waals surface area contributed by atoms with Gasteiger partial charge in [0.2, 0.25) is 0 Å². The summed E-state index contributed by atoms with van der Waals surface area (Å²) in [7, 11) is 2.14. The molecule has 1 fully saturated rings. The molecule has 0 aliphatic carbocycles. The minimum Gasteiger partial charge on any atom is -0.321 e. The van der Waals surface area contributed by atoms with Gasteiger partial charge in [0, 0.05) is 48.5 Å². The van der Waals surface area contributed by atoms with Crippen LogP contribution in [0.2, 0.25) is 5.02 Å². The third-order valence-corrected chi connectivity index (χ3v) is 6.64. The molecule has 2 aromatic carbocycles. The molecule has 0 radical (unpaired) electrons. The Kier molecular flexibility index (Phi) is 5.64. The lowest BCUT2D eigenvalue weighted by Crippen LogP contribution is -2.43. The van der Waals surface area contributed by atoms with Crippen molar-refractivity contribution in [1.29, 1.82) is 0 Å². The van der Waals surface area contributed by atoms with E-state index in [2.05, 4.69) is 28.2 Å². The third-order valence-electron chi connectivity index (χ3n) is 4.98. The van der Waals surface area contributed by atoms with E-state index in [1.165, 1.54) is 23.5 Å². The molecule has 0 bridgehead atoms. The number of benzene rings is 2. The molecular formula is C21H21ClFN3OS. The van der Waals surface area contributed by atoms with Crippen LogP contribution in [0.4, 0.5) is 10.1 Å². The van der Waals surface area contributed by atoms with Crippen LogP contribution in [0.25, 0.3) is 10.1 Å². The van der Waals surface area contributed by atoms with Crippen LogP contribution in [-0.4, -0.2) is 48.9 Å². The fourth-order valence-electron chi connectivity index (χ4n) is 3.38. The van der Waals surface area contributed by atoms with Gasteiger partial charge in [0.05, 0.1) is 5.02 Å². The Labute approximate surface area is 172 Å². The zero-order chi connectivity index (χ0) is 19.7. The number of likely N-dealkylation sites (N-methyl/N-ethyl adjacent to an activating group) is 1. The van der Waals surface area contributed by atoms with Crippen molar-refractivity contribution in [3.05, 3.63) is 63.7 Å². The van der Waals surface area contributed by atoms with Gasteiger partial charge in [-0.05, 0) is 42.9 Å². The average Bonchev–Trinajstić information content (AvgIpc) is 3.00. The number of piperazine rings is 1. The van der Waals surface area contributed by atoms with Crippen LogP contribution in [0, 0.1) is 5.82 Å². The lowest BCUT2D eigenvalue weighted by atomic mass is 10.1. The van der Waals surface area contributed by atoms with Crippen LogP contribution < -0.4 is 5.32 Å². The molecule has 1 N–H and O–H groups in total. The molecular weight excluding hydrogens is 397 g/mol. The summed E-state index contributed by atoms with van der Waals surface area (Å²) in [5, 5.41) is 3.99. The SMILES string of the molecule is CN1CCN(Cc2cccc(NC(=O)c3sc4cc(F)ccc4c3Cl)c2)CC1. The summed E-state index contributed by atoms with van der Waals surface area (Å²) in [4.78, 5) is 17.9. The number of rotatable bonds is 4. The molecule has 28 heavy (non-hydrogen) atoms. The second kappa shape index (κ2) is 8.17. The van der Waals surface area contributed by atoms with E-state index in [0.717, 1.165) is 44.0 Å². The molecule has 2 heterocycles. The Morgan fingerprint density at radius 3 is 2.75 bits per heavy atom. The second-order valence-electron chi connectivity index (χ2n) is 7.12. The van der Waals surface area contributed by atoms with Gasteiger partial charge in [-0.25, -0.2) is 4.39 Å². The minimum atomic E-state index is -0.339. The fraction of sp³-hybridized carbons (Fsp3) is 0.286. The van der Waals surface area contributed by atoms with Crippen LogP contribution in [0.5, 0.6) is 0 Å². The van der Waals surface area contributed by atoms with Crippen LogP contribution in [0.1, 0.15) is 15.2 Å². The van der Waals surface area contributed by atoms with Gasteiger partial charge in [0.25, 0.3) is 5.91 Å². The monoisotopic (exact) mass is 417 g/mol. The number of fused-ring (bicyclic) bond motifs is 1. The number of hydrogen-bond donors (Lipinski definition) is 1. The Morgan fingerprint density at radius 1 is 1.18 bits per heavy atom. The number of nitrogens with zero attached hydrogens (tertiary/aromatic N) is 2. The standard InChI is InChI=1S/C21H21ClFN3OS/c1-25-7-9-26(10-8-25)13-14-3-2-4-16(11-14)24-21(27)20-19(22)17-6-5-15(23)12-18(17)28-20/h2-6,11-12H,7-10,13H2,1H3,(H,24,27). The number of halogens is 2. The zero-order valence-corrected chi connectivity index (χ0v) is 17.1. The van der Waals surface area contributed by atoms with E-state index < -0.39 is 0 Å². The largest absolute Gasteiger partial charge is 0.321 e. The van der Waals surface area contributed by atoms with E-state index in [0.29, 0.717) is 20.0 Å². The topological polar surface area (TPSA) is 35.6 Å². The normalized spacial score (nSPS) is 15.8. The van der Waals surface area contributed by atoms with Crippen molar-refractivity contribution >= 4 is 44.6 Å².